The highest BCUT2D eigenvalue weighted by Crippen LogP contribution is 2.20. The lowest BCUT2D eigenvalue weighted by Crippen LogP contribution is -2.31. The number of carbonyl (C=O) groups is 2. The largest absolute Gasteiger partial charge is 0.472 e. The first-order valence-electron chi connectivity index (χ1n) is 8.19. The van der Waals surface area contributed by atoms with Crippen LogP contribution in [0.5, 0.6) is 11.6 Å². The van der Waals surface area contributed by atoms with E-state index in [9.17, 15) is 9.59 Å². The van der Waals surface area contributed by atoms with Gasteiger partial charge in [0, 0.05) is 37.2 Å². The quantitative estimate of drug-likeness (QED) is 0.632. The second-order valence-corrected chi connectivity index (χ2v) is 6.01. The zero-order valence-corrected chi connectivity index (χ0v) is 14.3. The van der Waals surface area contributed by atoms with E-state index in [4.69, 9.17) is 9.47 Å². The van der Waals surface area contributed by atoms with E-state index < -0.39 is 0 Å². The van der Waals surface area contributed by atoms with Gasteiger partial charge in [0.25, 0.3) is 5.91 Å². The van der Waals surface area contributed by atoms with Gasteiger partial charge in [-0.05, 0) is 37.3 Å². The number of benzene rings is 1. The number of amides is 1. The Kier molecular flexibility index (Phi) is 4.97. The fourth-order valence-electron chi connectivity index (χ4n) is 2.78. The van der Waals surface area contributed by atoms with Gasteiger partial charge in [-0.1, -0.05) is 6.07 Å². The minimum atomic E-state index is -0.386. The molecule has 1 fully saturated rings. The molecule has 1 saturated heterocycles. The molecule has 3 rings (SSSR count). The number of pyridine rings is 1. The molecule has 1 amide bonds. The Hall–Kier alpha value is -2.89. The summed E-state index contributed by atoms with van der Waals surface area (Å²) in [4.78, 5) is 29.6. The fourth-order valence-corrected chi connectivity index (χ4v) is 2.78. The molecule has 0 saturated carbocycles. The van der Waals surface area contributed by atoms with Crippen LogP contribution in [0.1, 0.15) is 29.4 Å². The van der Waals surface area contributed by atoms with E-state index in [1.165, 1.54) is 6.92 Å². The fraction of sp³-hybridized carbons (Fsp3) is 0.316. The average Bonchev–Trinajstić information content (AvgIpc) is 3.03. The average molecular weight is 340 g/mol. The van der Waals surface area contributed by atoms with Crippen molar-refractivity contribution in [3.8, 4) is 11.6 Å². The van der Waals surface area contributed by atoms with Gasteiger partial charge in [0.05, 0.1) is 6.54 Å². The van der Waals surface area contributed by atoms with Gasteiger partial charge in [-0.25, -0.2) is 4.98 Å². The molecule has 2 heterocycles. The van der Waals surface area contributed by atoms with Crippen LogP contribution in [0.4, 0.5) is 0 Å². The zero-order chi connectivity index (χ0) is 17.8. The topological polar surface area (TPSA) is 68.7 Å². The van der Waals surface area contributed by atoms with Gasteiger partial charge in [-0.2, -0.15) is 0 Å². The van der Waals surface area contributed by atoms with Crippen molar-refractivity contribution < 1.29 is 19.1 Å². The molecule has 0 spiro atoms. The molecule has 0 bridgehead atoms. The maximum absolute atomic E-state index is 12.6. The highest BCUT2D eigenvalue weighted by Gasteiger charge is 2.28. The Morgan fingerprint density at radius 1 is 1.16 bits per heavy atom. The van der Waals surface area contributed by atoms with Crippen molar-refractivity contribution in [2.24, 2.45) is 0 Å². The summed E-state index contributed by atoms with van der Waals surface area (Å²) < 4.78 is 10.8. The van der Waals surface area contributed by atoms with Gasteiger partial charge in [-0.15, -0.1) is 0 Å². The molecule has 0 N–H and O–H groups in total. The lowest BCUT2D eigenvalue weighted by atomic mass is 10.2. The molecule has 0 radical (unpaired) electrons. The molecule has 1 aromatic heterocycles. The molecule has 1 aliphatic heterocycles. The Morgan fingerprint density at radius 2 is 1.92 bits per heavy atom. The molecule has 25 heavy (non-hydrogen) atoms. The number of likely N-dealkylation sites (tertiary alicyclic amines) is 1. The molecule has 2 aromatic rings. The molecule has 6 heteroatoms. The molecule has 1 atom stereocenters. The van der Waals surface area contributed by atoms with Crippen molar-refractivity contribution in [1.29, 1.82) is 0 Å². The predicted octanol–water partition coefficient (Wildman–Crippen LogP) is 2.61. The first kappa shape index (κ1) is 17.0. The first-order valence-corrected chi connectivity index (χ1v) is 8.19. The van der Waals surface area contributed by atoms with Gasteiger partial charge in [0.2, 0.25) is 5.88 Å². The van der Waals surface area contributed by atoms with E-state index in [1.54, 1.807) is 29.2 Å². The third-order valence-electron chi connectivity index (χ3n) is 3.95. The van der Waals surface area contributed by atoms with Crippen molar-refractivity contribution in [1.82, 2.24) is 9.88 Å². The maximum Gasteiger partial charge on any atom is 0.308 e. The number of aromatic nitrogens is 1. The number of rotatable bonds is 4. The number of hydrogen-bond donors (Lipinski definition) is 0. The second-order valence-electron chi connectivity index (χ2n) is 6.01. The van der Waals surface area contributed by atoms with Crippen LogP contribution >= 0.6 is 0 Å². The van der Waals surface area contributed by atoms with Crippen molar-refractivity contribution in [3.05, 3.63) is 53.7 Å². The normalized spacial score (nSPS) is 16.6. The summed E-state index contributed by atoms with van der Waals surface area (Å²) in [5.41, 5.74) is 1.46. The number of esters is 1. The van der Waals surface area contributed by atoms with Crippen LogP contribution in [0, 0.1) is 6.92 Å². The SMILES string of the molecule is CC(=O)Oc1ccc(C(=O)N2CCC(Oc3cccc(C)n3)C2)cc1. The van der Waals surface area contributed by atoms with Gasteiger partial charge >= 0.3 is 5.97 Å². The van der Waals surface area contributed by atoms with Gasteiger partial charge < -0.3 is 14.4 Å². The number of nitrogens with zero attached hydrogens (tertiary/aromatic N) is 2. The molecular weight excluding hydrogens is 320 g/mol. The van der Waals surface area contributed by atoms with Crippen molar-refractivity contribution in [3.63, 3.8) is 0 Å². The lowest BCUT2D eigenvalue weighted by molar-refractivity contribution is -0.131. The van der Waals surface area contributed by atoms with Gasteiger partial charge in [0.1, 0.15) is 11.9 Å². The third-order valence-corrected chi connectivity index (χ3v) is 3.95. The molecule has 1 aromatic carbocycles. The van der Waals surface area contributed by atoms with Crippen LogP contribution in [0.2, 0.25) is 0 Å². The van der Waals surface area contributed by atoms with Crippen LogP contribution in [0.3, 0.4) is 0 Å². The highest BCUT2D eigenvalue weighted by atomic mass is 16.5. The smallest absolute Gasteiger partial charge is 0.308 e. The van der Waals surface area contributed by atoms with Crippen molar-refractivity contribution in [2.45, 2.75) is 26.4 Å². The summed E-state index contributed by atoms with van der Waals surface area (Å²) in [6, 6.07) is 12.2. The summed E-state index contributed by atoms with van der Waals surface area (Å²) in [6.07, 6.45) is 0.714. The number of aryl methyl sites for hydroxylation is 1. The Morgan fingerprint density at radius 3 is 2.60 bits per heavy atom. The minimum Gasteiger partial charge on any atom is -0.472 e. The Labute approximate surface area is 146 Å². The third kappa shape index (κ3) is 4.35. The maximum atomic E-state index is 12.6. The van der Waals surface area contributed by atoms with E-state index in [-0.39, 0.29) is 18.0 Å². The molecule has 1 aliphatic rings. The standard InChI is InChI=1S/C19H20N2O4/c1-13-4-3-5-18(20-13)25-17-10-11-21(12-17)19(23)15-6-8-16(9-7-15)24-14(2)22/h3-9,17H,10-12H2,1-2H3. The van der Waals surface area contributed by atoms with Crippen LogP contribution in [0.25, 0.3) is 0 Å². The van der Waals surface area contributed by atoms with Crippen LogP contribution in [-0.2, 0) is 4.79 Å². The molecular formula is C19H20N2O4. The Balaban J connectivity index is 1.59. The Bertz CT molecular complexity index is 773. The van der Waals surface area contributed by atoms with E-state index in [0.717, 1.165) is 12.1 Å². The lowest BCUT2D eigenvalue weighted by Gasteiger charge is -2.17. The minimum absolute atomic E-state index is 0.0569. The predicted molar refractivity (Wildman–Crippen MR) is 91.7 cm³/mol. The van der Waals surface area contributed by atoms with Gasteiger partial charge in [0.15, 0.2) is 0 Å². The van der Waals surface area contributed by atoms with E-state index >= 15 is 0 Å². The number of hydrogen-bond acceptors (Lipinski definition) is 5. The summed E-state index contributed by atoms with van der Waals surface area (Å²) in [7, 11) is 0. The summed E-state index contributed by atoms with van der Waals surface area (Å²) in [5.74, 6) is 0.572. The molecule has 0 aliphatic carbocycles. The van der Waals surface area contributed by atoms with Crippen LogP contribution in [-0.4, -0.2) is 41.0 Å². The van der Waals surface area contributed by atoms with E-state index in [2.05, 4.69) is 4.98 Å². The van der Waals surface area contributed by atoms with Crippen molar-refractivity contribution in [2.75, 3.05) is 13.1 Å². The van der Waals surface area contributed by atoms with Crippen LogP contribution in [0.15, 0.2) is 42.5 Å². The summed E-state index contributed by atoms with van der Waals surface area (Å²) in [5, 5.41) is 0. The number of carbonyl (C=O) groups excluding carboxylic acids is 2. The molecule has 1 unspecified atom stereocenters. The monoisotopic (exact) mass is 340 g/mol. The van der Waals surface area contributed by atoms with E-state index in [0.29, 0.717) is 30.3 Å². The number of ether oxygens (including phenoxy) is 2. The van der Waals surface area contributed by atoms with Crippen LogP contribution < -0.4 is 9.47 Å². The van der Waals surface area contributed by atoms with Gasteiger partial charge in [-0.3, -0.25) is 9.59 Å². The summed E-state index contributed by atoms with van der Waals surface area (Å²) >= 11 is 0. The zero-order valence-electron chi connectivity index (χ0n) is 14.3. The van der Waals surface area contributed by atoms with E-state index in [1.807, 2.05) is 25.1 Å². The molecule has 6 nitrogen and oxygen atoms in total. The second kappa shape index (κ2) is 7.34. The highest BCUT2D eigenvalue weighted by molar-refractivity contribution is 5.94. The summed E-state index contributed by atoms with van der Waals surface area (Å²) in [6.45, 7) is 4.42. The molecule has 130 valence electrons. The van der Waals surface area contributed by atoms with Crippen molar-refractivity contribution >= 4 is 11.9 Å². The first-order chi connectivity index (χ1) is 12.0.